The van der Waals surface area contributed by atoms with Gasteiger partial charge < -0.3 is 9.30 Å². The van der Waals surface area contributed by atoms with E-state index in [1.165, 1.54) is 22.0 Å². The minimum absolute atomic E-state index is 0.187. The Balaban J connectivity index is 1.53. The van der Waals surface area contributed by atoms with Gasteiger partial charge in [-0.2, -0.15) is 0 Å². The molecule has 0 fully saturated rings. The molecule has 0 spiro atoms. The van der Waals surface area contributed by atoms with Gasteiger partial charge in [0.15, 0.2) is 4.80 Å². The third-order valence-corrected chi connectivity index (χ3v) is 8.45. The predicted octanol–water partition coefficient (Wildman–Crippen LogP) is 5.59. The lowest BCUT2D eigenvalue weighted by Crippen LogP contribution is -2.40. The number of aromatic nitrogens is 2. The second-order valence-corrected chi connectivity index (χ2v) is 11.1. The van der Waals surface area contributed by atoms with Crippen LogP contribution in [-0.2, 0) is 16.1 Å². The molecule has 9 heteroatoms. The number of para-hydroxylation sites is 1. The Kier molecular flexibility index (Phi) is 7.19. The Hall–Kier alpha value is -4.27. The number of allylic oxidation sites excluding steroid dienone is 1. The third kappa shape index (κ3) is 4.83. The lowest BCUT2D eigenvalue weighted by Gasteiger charge is -2.25. The first kappa shape index (κ1) is 26.9. The molecule has 3 aromatic carbocycles. The average Bonchev–Trinajstić information content (AvgIpc) is 3.46. The van der Waals surface area contributed by atoms with Gasteiger partial charge >= 0.3 is 5.97 Å². The number of esters is 1. The van der Waals surface area contributed by atoms with Crippen LogP contribution in [0.2, 0.25) is 5.02 Å². The summed E-state index contributed by atoms with van der Waals surface area (Å²) in [6.45, 7) is 4.00. The maximum absolute atomic E-state index is 14.5. The van der Waals surface area contributed by atoms with Crippen LogP contribution in [-0.4, -0.2) is 21.7 Å². The van der Waals surface area contributed by atoms with Crippen molar-refractivity contribution in [2.45, 2.75) is 26.4 Å². The van der Waals surface area contributed by atoms with Gasteiger partial charge in [-0.1, -0.05) is 77.5 Å². The fourth-order valence-corrected chi connectivity index (χ4v) is 6.53. The minimum Gasteiger partial charge on any atom is -0.463 e. The number of benzene rings is 3. The first-order valence-corrected chi connectivity index (χ1v) is 14.3. The summed E-state index contributed by atoms with van der Waals surface area (Å²) in [4.78, 5) is 32.3. The van der Waals surface area contributed by atoms with Crippen LogP contribution in [0.5, 0.6) is 0 Å². The van der Waals surface area contributed by atoms with E-state index in [1.54, 1.807) is 44.2 Å². The van der Waals surface area contributed by atoms with Crippen LogP contribution in [0.25, 0.3) is 17.0 Å². The molecule has 1 aliphatic rings. The van der Waals surface area contributed by atoms with Crippen molar-refractivity contribution in [3.05, 3.63) is 137 Å². The molecule has 1 atom stereocenters. The highest BCUT2D eigenvalue weighted by atomic mass is 35.5. The molecular formula is C32H25ClFN3O3S. The summed E-state index contributed by atoms with van der Waals surface area (Å²) in [5.41, 5.74) is 3.38. The number of carbonyl (C=O) groups is 1. The molecule has 6 rings (SSSR count). The smallest absolute Gasteiger partial charge is 0.338 e. The first-order valence-electron chi connectivity index (χ1n) is 13.1. The maximum atomic E-state index is 14.5. The number of thiazole rings is 1. The molecule has 6 nitrogen and oxygen atoms in total. The molecule has 5 aromatic rings. The van der Waals surface area contributed by atoms with E-state index in [9.17, 15) is 14.0 Å². The lowest BCUT2D eigenvalue weighted by molar-refractivity contribution is -0.139. The molecule has 0 bridgehead atoms. The summed E-state index contributed by atoms with van der Waals surface area (Å²) in [7, 11) is 0. The summed E-state index contributed by atoms with van der Waals surface area (Å²) in [5, 5.41) is 1.36. The molecule has 0 unspecified atom stereocenters. The molecule has 0 saturated carbocycles. The Morgan fingerprint density at radius 1 is 1.10 bits per heavy atom. The van der Waals surface area contributed by atoms with E-state index in [0.717, 1.165) is 16.5 Å². The normalized spacial score (nSPS) is 15.2. The van der Waals surface area contributed by atoms with Gasteiger partial charge in [0, 0.05) is 33.2 Å². The van der Waals surface area contributed by atoms with Gasteiger partial charge in [0.1, 0.15) is 11.9 Å². The van der Waals surface area contributed by atoms with E-state index >= 15 is 0 Å². The van der Waals surface area contributed by atoms with Gasteiger partial charge in [-0.05, 0) is 43.7 Å². The van der Waals surface area contributed by atoms with E-state index in [0.29, 0.717) is 37.7 Å². The largest absolute Gasteiger partial charge is 0.463 e. The Bertz CT molecular complexity index is 2040. The molecule has 0 radical (unpaired) electrons. The standard InChI is InChI=1S/C32H25ClFN3O3S/c1-3-40-31(39)28-19(2)35-32-37(29(28)23-12-5-7-13-24(23)33)30(38)27(41-32)16-21-18-36(26-15-9-6-11-22(21)26)17-20-10-4-8-14-25(20)34/h4-16,18,29H,3,17H2,1-2H3/b27-16-/t29-/m0/s1. The number of halogens is 2. The molecule has 206 valence electrons. The quantitative estimate of drug-likeness (QED) is 0.244. The van der Waals surface area contributed by atoms with Crippen molar-refractivity contribution in [2.24, 2.45) is 4.99 Å². The Morgan fingerprint density at radius 2 is 1.83 bits per heavy atom. The van der Waals surface area contributed by atoms with Gasteiger partial charge in [-0.3, -0.25) is 9.36 Å². The van der Waals surface area contributed by atoms with Crippen molar-refractivity contribution in [1.29, 1.82) is 0 Å². The fraction of sp³-hybridized carbons (Fsp3) is 0.156. The zero-order chi connectivity index (χ0) is 28.7. The predicted molar refractivity (Wildman–Crippen MR) is 159 cm³/mol. The summed E-state index contributed by atoms with van der Waals surface area (Å²) >= 11 is 7.84. The molecule has 2 aromatic heterocycles. The summed E-state index contributed by atoms with van der Waals surface area (Å²) in [5.74, 6) is -0.809. The Morgan fingerprint density at radius 3 is 2.61 bits per heavy atom. The SMILES string of the molecule is CCOC(=O)C1=C(C)N=c2s/c(=C\c3cn(Cc4ccccc4F)c4ccccc34)c(=O)n2[C@H]1c1ccccc1Cl. The van der Waals surface area contributed by atoms with Gasteiger partial charge in [-0.15, -0.1) is 0 Å². The maximum Gasteiger partial charge on any atom is 0.338 e. The summed E-state index contributed by atoms with van der Waals surface area (Å²) in [6, 6.07) is 20.9. The van der Waals surface area contributed by atoms with Gasteiger partial charge in [0.2, 0.25) is 0 Å². The van der Waals surface area contributed by atoms with Crippen LogP contribution in [0.1, 0.15) is 36.6 Å². The van der Waals surface area contributed by atoms with Crippen molar-refractivity contribution in [2.75, 3.05) is 6.61 Å². The highest BCUT2D eigenvalue weighted by molar-refractivity contribution is 7.07. The van der Waals surface area contributed by atoms with Crippen LogP contribution >= 0.6 is 22.9 Å². The lowest BCUT2D eigenvalue weighted by atomic mass is 9.96. The van der Waals surface area contributed by atoms with Gasteiger partial charge in [-0.25, -0.2) is 14.2 Å². The highest BCUT2D eigenvalue weighted by Gasteiger charge is 2.34. The van der Waals surface area contributed by atoms with E-state index in [1.807, 2.05) is 53.2 Å². The van der Waals surface area contributed by atoms with Crippen molar-refractivity contribution in [3.63, 3.8) is 0 Å². The molecule has 3 heterocycles. The minimum atomic E-state index is -0.788. The van der Waals surface area contributed by atoms with Crippen LogP contribution in [0.3, 0.4) is 0 Å². The number of nitrogens with zero attached hydrogens (tertiary/aromatic N) is 3. The molecular weight excluding hydrogens is 561 g/mol. The zero-order valence-corrected chi connectivity index (χ0v) is 23.9. The summed E-state index contributed by atoms with van der Waals surface area (Å²) in [6.07, 6.45) is 3.76. The van der Waals surface area contributed by atoms with Gasteiger partial charge in [0.05, 0.1) is 29.0 Å². The van der Waals surface area contributed by atoms with Crippen molar-refractivity contribution < 1.29 is 13.9 Å². The zero-order valence-electron chi connectivity index (χ0n) is 22.3. The monoisotopic (exact) mass is 585 g/mol. The molecule has 1 aliphatic heterocycles. The van der Waals surface area contributed by atoms with Crippen molar-refractivity contribution in [3.8, 4) is 0 Å². The summed E-state index contributed by atoms with van der Waals surface area (Å²) < 4.78 is 23.8. The molecule has 0 amide bonds. The molecule has 0 aliphatic carbocycles. The number of rotatable bonds is 6. The number of carbonyl (C=O) groups excluding carboxylic acids is 1. The van der Waals surface area contributed by atoms with Crippen molar-refractivity contribution in [1.82, 2.24) is 9.13 Å². The van der Waals surface area contributed by atoms with Crippen LogP contribution in [0.15, 0.2) is 100 Å². The van der Waals surface area contributed by atoms with Crippen molar-refractivity contribution >= 4 is 45.9 Å². The van der Waals surface area contributed by atoms with E-state index < -0.39 is 12.0 Å². The van der Waals surface area contributed by atoms with Gasteiger partial charge in [0.25, 0.3) is 5.56 Å². The van der Waals surface area contributed by atoms with Crippen LogP contribution < -0.4 is 14.9 Å². The number of ether oxygens (including phenoxy) is 1. The van der Waals surface area contributed by atoms with Crippen LogP contribution in [0.4, 0.5) is 4.39 Å². The Labute approximate surface area is 243 Å². The number of hydrogen-bond acceptors (Lipinski definition) is 5. The second kappa shape index (κ2) is 11.0. The number of fused-ring (bicyclic) bond motifs is 2. The third-order valence-electron chi connectivity index (χ3n) is 7.12. The fourth-order valence-electron chi connectivity index (χ4n) is 5.26. The number of hydrogen-bond donors (Lipinski definition) is 0. The second-order valence-electron chi connectivity index (χ2n) is 9.64. The van der Waals surface area contributed by atoms with E-state index in [2.05, 4.69) is 4.99 Å². The van der Waals surface area contributed by atoms with E-state index in [-0.39, 0.29) is 23.6 Å². The highest BCUT2D eigenvalue weighted by Crippen LogP contribution is 2.34. The first-order chi connectivity index (χ1) is 19.9. The van der Waals surface area contributed by atoms with Crippen LogP contribution in [0, 0.1) is 5.82 Å². The topological polar surface area (TPSA) is 65.6 Å². The molecule has 0 saturated heterocycles. The molecule has 41 heavy (non-hydrogen) atoms. The van der Waals surface area contributed by atoms with E-state index in [4.69, 9.17) is 16.3 Å². The average molecular weight is 586 g/mol. The molecule has 0 N–H and O–H groups in total.